The Morgan fingerprint density at radius 3 is 2.38 bits per heavy atom. The second kappa shape index (κ2) is 6.50. The van der Waals surface area contributed by atoms with Crippen molar-refractivity contribution >= 4 is 23.6 Å². The van der Waals surface area contributed by atoms with Gasteiger partial charge in [-0.25, -0.2) is 9.29 Å². The molecule has 1 unspecified atom stereocenters. The molecular formula is C21H18FNO3. The SMILES string of the molecule is O=C1C(=Cc2ccc(F)cc2)C2(CCCCO2)C(=O)N1c1ccccc1. The molecule has 0 radical (unpaired) electrons. The number of carbonyl (C=O) groups excluding carboxylic acids is 2. The van der Waals surface area contributed by atoms with Gasteiger partial charge in [0.25, 0.3) is 11.8 Å². The molecule has 2 heterocycles. The van der Waals surface area contributed by atoms with E-state index in [9.17, 15) is 14.0 Å². The summed E-state index contributed by atoms with van der Waals surface area (Å²) in [7, 11) is 0. The predicted octanol–water partition coefficient (Wildman–Crippen LogP) is 3.72. The maximum atomic E-state index is 13.2. The van der Waals surface area contributed by atoms with Crippen LogP contribution in [-0.4, -0.2) is 24.0 Å². The minimum atomic E-state index is -1.25. The first-order valence-electron chi connectivity index (χ1n) is 8.67. The monoisotopic (exact) mass is 351 g/mol. The number of anilines is 1. The zero-order chi connectivity index (χ0) is 18.1. The van der Waals surface area contributed by atoms with Gasteiger partial charge in [0.15, 0.2) is 5.60 Å². The van der Waals surface area contributed by atoms with Gasteiger partial charge in [-0.05, 0) is 55.2 Å². The Kier molecular flexibility index (Phi) is 4.17. The first-order chi connectivity index (χ1) is 12.6. The van der Waals surface area contributed by atoms with Gasteiger partial charge in [0, 0.05) is 6.61 Å². The zero-order valence-electron chi connectivity index (χ0n) is 14.2. The molecule has 0 N–H and O–H groups in total. The van der Waals surface area contributed by atoms with Crippen molar-refractivity contribution in [1.82, 2.24) is 0 Å². The summed E-state index contributed by atoms with van der Waals surface area (Å²) in [4.78, 5) is 27.6. The Morgan fingerprint density at radius 1 is 1.00 bits per heavy atom. The van der Waals surface area contributed by atoms with Crippen LogP contribution >= 0.6 is 0 Å². The van der Waals surface area contributed by atoms with Crippen molar-refractivity contribution in [2.75, 3.05) is 11.5 Å². The molecule has 2 aliphatic rings. The van der Waals surface area contributed by atoms with E-state index in [0.29, 0.717) is 29.9 Å². The lowest BCUT2D eigenvalue weighted by Crippen LogP contribution is -2.45. The van der Waals surface area contributed by atoms with Gasteiger partial charge in [0.05, 0.1) is 11.3 Å². The summed E-state index contributed by atoms with van der Waals surface area (Å²) in [5.41, 5.74) is 0.252. The van der Waals surface area contributed by atoms with Crippen LogP contribution in [0.1, 0.15) is 24.8 Å². The molecule has 2 aliphatic heterocycles. The van der Waals surface area contributed by atoms with Crippen molar-refractivity contribution in [3.05, 3.63) is 71.6 Å². The minimum absolute atomic E-state index is 0.317. The number of amides is 2. The minimum Gasteiger partial charge on any atom is -0.360 e. The summed E-state index contributed by atoms with van der Waals surface area (Å²) in [6, 6.07) is 14.7. The van der Waals surface area contributed by atoms with Crippen LogP contribution in [0.4, 0.5) is 10.1 Å². The Balaban J connectivity index is 1.83. The summed E-state index contributed by atoms with van der Waals surface area (Å²) in [5, 5.41) is 0. The fourth-order valence-corrected chi connectivity index (χ4v) is 3.57. The van der Waals surface area contributed by atoms with Crippen LogP contribution in [-0.2, 0) is 14.3 Å². The zero-order valence-corrected chi connectivity index (χ0v) is 14.2. The number of ether oxygens (including phenoxy) is 1. The van der Waals surface area contributed by atoms with Crippen LogP contribution < -0.4 is 4.90 Å². The summed E-state index contributed by atoms with van der Waals surface area (Å²) < 4.78 is 19.1. The van der Waals surface area contributed by atoms with Crippen LogP contribution in [0.3, 0.4) is 0 Å². The quantitative estimate of drug-likeness (QED) is 0.612. The van der Waals surface area contributed by atoms with Crippen molar-refractivity contribution in [3.63, 3.8) is 0 Å². The molecule has 2 amide bonds. The lowest BCUT2D eigenvalue weighted by Gasteiger charge is -2.32. The lowest BCUT2D eigenvalue weighted by atomic mass is 9.86. The second-order valence-corrected chi connectivity index (χ2v) is 6.52. The third-order valence-corrected chi connectivity index (χ3v) is 4.88. The smallest absolute Gasteiger partial charge is 0.271 e. The molecule has 2 fully saturated rings. The van der Waals surface area contributed by atoms with Crippen LogP contribution in [0.5, 0.6) is 0 Å². The molecule has 0 saturated carbocycles. The molecule has 0 bridgehead atoms. The Labute approximate surface area is 150 Å². The number of rotatable bonds is 2. The highest BCUT2D eigenvalue weighted by Gasteiger charge is 2.57. The number of para-hydroxylation sites is 1. The molecule has 4 rings (SSSR count). The predicted molar refractivity (Wildman–Crippen MR) is 95.8 cm³/mol. The van der Waals surface area contributed by atoms with Crippen molar-refractivity contribution in [3.8, 4) is 0 Å². The number of halogens is 1. The summed E-state index contributed by atoms with van der Waals surface area (Å²) >= 11 is 0. The Morgan fingerprint density at radius 2 is 1.73 bits per heavy atom. The summed E-state index contributed by atoms with van der Waals surface area (Å²) in [6.07, 6.45) is 3.78. The van der Waals surface area contributed by atoms with Crippen LogP contribution in [0, 0.1) is 5.82 Å². The molecule has 2 saturated heterocycles. The third kappa shape index (κ3) is 2.65. The fraction of sp³-hybridized carbons (Fsp3) is 0.238. The molecule has 5 heteroatoms. The third-order valence-electron chi connectivity index (χ3n) is 4.88. The van der Waals surface area contributed by atoms with E-state index < -0.39 is 5.60 Å². The van der Waals surface area contributed by atoms with Gasteiger partial charge in [0.1, 0.15) is 5.82 Å². The van der Waals surface area contributed by atoms with E-state index in [-0.39, 0.29) is 17.6 Å². The van der Waals surface area contributed by atoms with Gasteiger partial charge in [-0.15, -0.1) is 0 Å². The number of carbonyl (C=O) groups is 2. The molecular weight excluding hydrogens is 333 g/mol. The van der Waals surface area contributed by atoms with E-state index in [1.165, 1.54) is 17.0 Å². The number of imide groups is 1. The molecule has 132 valence electrons. The first-order valence-corrected chi connectivity index (χ1v) is 8.67. The molecule has 1 atom stereocenters. The maximum Gasteiger partial charge on any atom is 0.271 e. The summed E-state index contributed by atoms with van der Waals surface area (Å²) in [5.74, 6) is -1.08. The Hall–Kier alpha value is -2.79. The highest BCUT2D eigenvalue weighted by Crippen LogP contribution is 2.42. The Bertz CT molecular complexity index is 868. The van der Waals surface area contributed by atoms with Gasteiger partial charge in [-0.2, -0.15) is 0 Å². The number of nitrogens with zero attached hydrogens (tertiary/aromatic N) is 1. The highest BCUT2D eigenvalue weighted by atomic mass is 19.1. The van der Waals surface area contributed by atoms with E-state index in [2.05, 4.69) is 0 Å². The van der Waals surface area contributed by atoms with Crippen molar-refractivity contribution in [1.29, 1.82) is 0 Å². The summed E-state index contributed by atoms with van der Waals surface area (Å²) in [6.45, 7) is 0.433. The van der Waals surface area contributed by atoms with E-state index >= 15 is 0 Å². The van der Waals surface area contributed by atoms with Gasteiger partial charge >= 0.3 is 0 Å². The molecule has 26 heavy (non-hydrogen) atoms. The van der Waals surface area contributed by atoms with E-state index in [4.69, 9.17) is 4.74 Å². The van der Waals surface area contributed by atoms with Crippen molar-refractivity contribution < 1.29 is 18.7 Å². The van der Waals surface area contributed by atoms with E-state index in [1.807, 2.05) is 6.07 Å². The fourth-order valence-electron chi connectivity index (χ4n) is 3.57. The normalized spacial score (nSPS) is 24.7. The van der Waals surface area contributed by atoms with Crippen LogP contribution in [0.25, 0.3) is 6.08 Å². The highest BCUT2D eigenvalue weighted by molar-refractivity contribution is 6.33. The maximum absolute atomic E-state index is 13.2. The van der Waals surface area contributed by atoms with Gasteiger partial charge in [0.2, 0.25) is 0 Å². The topological polar surface area (TPSA) is 46.6 Å². The average Bonchev–Trinajstić information content (AvgIpc) is 2.86. The van der Waals surface area contributed by atoms with E-state index in [0.717, 1.165) is 12.8 Å². The van der Waals surface area contributed by atoms with E-state index in [1.54, 1.807) is 42.5 Å². The standard InChI is InChI=1S/C21H18FNO3/c22-16-10-8-15(9-11-16)14-18-19(24)23(17-6-2-1-3-7-17)20(25)21(18)12-4-5-13-26-21/h1-3,6-11,14H,4-5,12-13H2. The number of hydrogen-bond donors (Lipinski definition) is 0. The van der Waals surface area contributed by atoms with Gasteiger partial charge in [-0.3, -0.25) is 9.59 Å². The molecule has 2 aromatic rings. The molecule has 2 aromatic carbocycles. The molecule has 0 aromatic heterocycles. The van der Waals surface area contributed by atoms with Crippen LogP contribution in [0.15, 0.2) is 60.2 Å². The van der Waals surface area contributed by atoms with Crippen molar-refractivity contribution in [2.24, 2.45) is 0 Å². The number of benzene rings is 2. The second-order valence-electron chi connectivity index (χ2n) is 6.52. The van der Waals surface area contributed by atoms with Gasteiger partial charge < -0.3 is 4.74 Å². The average molecular weight is 351 g/mol. The molecule has 0 aliphatic carbocycles. The van der Waals surface area contributed by atoms with Gasteiger partial charge in [-0.1, -0.05) is 30.3 Å². The molecule has 4 nitrogen and oxygen atoms in total. The first kappa shape index (κ1) is 16.7. The van der Waals surface area contributed by atoms with Crippen molar-refractivity contribution in [2.45, 2.75) is 24.9 Å². The number of hydrogen-bond acceptors (Lipinski definition) is 3. The van der Waals surface area contributed by atoms with Crippen LogP contribution in [0.2, 0.25) is 0 Å². The lowest BCUT2D eigenvalue weighted by molar-refractivity contribution is -0.140. The molecule has 1 spiro atoms. The largest absolute Gasteiger partial charge is 0.360 e.